The first-order chi connectivity index (χ1) is 13.7. The minimum atomic E-state index is -0.352. The molecule has 1 aliphatic carbocycles. The highest BCUT2D eigenvalue weighted by molar-refractivity contribution is 7.99. The summed E-state index contributed by atoms with van der Waals surface area (Å²) in [4.78, 5) is 28.6. The molecule has 5 nitrogen and oxygen atoms in total. The van der Waals surface area contributed by atoms with Gasteiger partial charge >= 0.3 is 5.97 Å². The topological polar surface area (TPSA) is 58.6 Å². The van der Waals surface area contributed by atoms with E-state index in [4.69, 9.17) is 4.74 Å². The predicted octanol–water partition coefficient (Wildman–Crippen LogP) is 4.28. The highest BCUT2D eigenvalue weighted by Gasteiger charge is 2.23. The molecule has 2 aliphatic rings. The number of ether oxygens (including phenoxy) is 1. The number of nitrogens with one attached hydrogen (secondary N) is 1. The van der Waals surface area contributed by atoms with Gasteiger partial charge in [-0.15, -0.1) is 0 Å². The molecule has 1 amide bonds. The number of nitrogens with zero attached hydrogens (tertiary/aromatic N) is 1. The average Bonchev–Trinajstić information content (AvgIpc) is 3.22. The van der Waals surface area contributed by atoms with Crippen molar-refractivity contribution in [2.45, 2.75) is 47.9 Å². The van der Waals surface area contributed by atoms with E-state index in [0.717, 1.165) is 37.1 Å². The van der Waals surface area contributed by atoms with Crippen LogP contribution in [-0.4, -0.2) is 31.1 Å². The van der Waals surface area contributed by atoms with Crippen molar-refractivity contribution in [3.63, 3.8) is 0 Å². The molecule has 6 heteroatoms. The van der Waals surface area contributed by atoms with Crippen molar-refractivity contribution in [2.24, 2.45) is 0 Å². The van der Waals surface area contributed by atoms with Gasteiger partial charge in [-0.05, 0) is 37.1 Å². The first kappa shape index (κ1) is 18.9. The van der Waals surface area contributed by atoms with E-state index in [1.807, 2.05) is 24.3 Å². The van der Waals surface area contributed by atoms with Crippen LogP contribution in [0.25, 0.3) is 0 Å². The van der Waals surface area contributed by atoms with Gasteiger partial charge in [0.2, 0.25) is 0 Å². The summed E-state index contributed by atoms with van der Waals surface area (Å²) in [5.74, 6) is -0.555. The van der Waals surface area contributed by atoms with E-state index in [-0.39, 0.29) is 30.9 Å². The SMILES string of the molecule is O=C(COC(=O)CCN1c2ccccc2Sc2ccccc21)NC1CCCC1. The highest BCUT2D eigenvalue weighted by Crippen LogP contribution is 2.47. The number of esters is 1. The Labute approximate surface area is 169 Å². The third kappa shape index (κ3) is 4.33. The second-order valence-electron chi connectivity index (χ2n) is 7.15. The van der Waals surface area contributed by atoms with Crippen molar-refractivity contribution >= 4 is 35.0 Å². The molecule has 0 saturated heterocycles. The van der Waals surface area contributed by atoms with E-state index < -0.39 is 0 Å². The number of carbonyl (C=O) groups excluding carboxylic acids is 2. The largest absolute Gasteiger partial charge is 0.456 e. The number of amides is 1. The van der Waals surface area contributed by atoms with Gasteiger partial charge in [0.1, 0.15) is 0 Å². The second-order valence-corrected chi connectivity index (χ2v) is 8.23. The average molecular weight is 397 g/mol. The van der Waals surface area contributed by atoms with Crippen LogP contribution in [0, 0.1) is 0 Å². The van der Waals surface area contributed by atoms with Crippen LogP contribution in [0.1, 0.15) is 32.1 Å². The first-order valence-corrected chi connectivity index (χ1v) is 10.6. The maximum Gasteiger partial charge on any atom is 0.308 e. The lowest BCUT2D eigenvalue weighted by Gasteiger charge is -2.32. The molecule has 0 bridgehead atoms. The van der Waals surface area contributed by atoms with Crippen molar-refractivity contribution in [2.75, 3.05) is 18.1 Å². The monoisotopic (exact) mass is 396 g/mol. The zero-order valence-corrected chi connectivity index (χ0v) is 16.5. The van der Waals surface area contributed by atoms with Gasteiger partial charge in [0.25, 0.3) is 5.91 Å². The van der Waals surface area contributed by atoms with Gasteiger partial charge in [0.15, 0.2) is 6.61 Å². The molecule has 2 aromatic rings. The van der Waals surface area contributed by atoms with Crippen LogP contribution in [0.3, 0.4) is 0 Å². The Balaban J connectivity index is 1.34. The van der Waals surface area contributed by atoms with Crippen molar-refractivity contribution in [3.05, 3.63) is 48.5 Å². The van der Waals surface area contributed by atoms with Gasteiger partial charge in [0.05, 0.1) is 17.8 Å². The Morgan fingerprint density at radius 3 is 2.25 bits per heavy atom. The minimum absolute atomic E-state index is 0.196. The zero-order chi connectivity index (χ0) is 19.3. The Bertz CT molecular complexity index is 819. The molecule has 2 aromatic carbocycles. The van der Waals surface area contributed by atoms with Crippen LogP contribution in [0.15, 0.2) is 58.3 Å². The van der Waals surface area contributed by atoms with E-state index in [1.165, 1.54) is 9.79 Å². The smallest absolute Gasteiger partial charge is 0.308 e. The van der Waals surface area contributed by atoms with Crippen LogP contribution < -0.4 is 10.2 Å². The molecule has 0 atom stereocenters. The molecule has 1 fully saturated rings. The van der Waals surface area contributed by atoms with Gasteiger partial charge in [0, 0.05) is 22.4 Å². The molecule has 0 spiro atoms. The summed E-state index contributed by atoms with van der Waals surface area (Å²) in [7, 11) is 0. The molecular formula is C22H24N2O3S. The number of hydrogen-bond acceptors (Lipinski definition) is 5. The summed E-state index contributed by atoms with van der Waals surface area (Å²) in [6, 6.07) is 16.6. The third-order valence-electron chi connectivity index (χ3n) is 5.16. The molecule has 4 rings (SSSR count). The maximum absolute atomic E-state index is 12.2. The van der Waals surface area contributed by atoms with Gasteiger partial charge in [-0.2, -0.15) is 0 Å². The zero-order valence-electron chi connectivity index (χ0n) is 15.7. The van der Waals surface area contributed by atoms with Gasteiger partial charge in [-0.3, -0.25) is 9.59 Å². The molecule has 1 aliphatic heterocycles. The first-order valence-electron chi connectivity index (χ1n) is 9.79. The highest BCUT2D eigenvalue weighted by atomic mass is 32.2. The van der Waals surface area contributed by atoms with E-state index >= 15 is 0 Å². The fraction of sp³-hybridized carbons (Fsp3) is 0.364. The fourth-order valence-corrected chi connectivity index (χ4v) is 4.88. The Kier molecular flexibility index (Phi) is 5.86. The van der Waals surface area contributed by atoms with Crippen molar-refractivity contribution < 1.29 is 14.3 Å². The van der Waals surface area contributed by atoms with E-state index in [2.05, 4.69) is 34.5 Å². The van der Waals surface area contributed by atoms with Gasteiger partial charge in [-0.1, -0.05) is 48.9 Å². The van der Waals surface area contributed by atoms with Gasteiger partial charge in [-0.25, -0.2) is 0 Å². The quantitative estimate of drug-likeness (QED) is 0.739. The lowest BCUT2D eigenvalue weighted by atomic mass is 10.2. The molecule has 0 radical (unpaired) electrons. The molecule has 1 heterocycles. The molecule has 28 heavy (non-hydrogen) atoms. The lowest BCUT2D eigenvalue weighted by molar-refractivity contribution is -0.148. The number of carbonyl (C=O) groups is 2. The summed E-state index contributed by atoms with van der Waals surface area (Å²) in [6.45, 7) is 0.315. The summed E-state index contributed by atoms with van der Waals surface area (Å²) in [6.07, 6.45) is 4.57. The van der Waals surface area contributed by atoms with Crippen molar-refractivity contribution in [1.29, 1.82) is 0 Å². The van der Waals surface area contributed by atoms with E-state index in [0.29, 0.717) is 6.54 Å². The number of anilines is 2. The van der Waals surface area contributed by atoms with E-state index in [1.54, 1.807) is 11.8 Å². The summed E-state index contributed by atoms with van der Waals surface area (Å²) in [5.41, 5.74) is 2.19. The number of benzene rings is 2. The van der Waals surface area contributed by atoms with Crippen LogP contribution in [0.5, 0.6) is 0 Å². The maximum atomic E-state index is 12.2. The number of para-hydroxylation sites is 2. The van der Waals surface area contributed by atoms with Crippen molar-refractivity contribution in [1.82, 2.24) is 5.32 Å². The second kappa shape index (κ2) is 8.69. The number of rotatable bonds is 6. The standard InChI is InChI=1S/C22H24N2O3S/c25-21(23-16-7-1-2-8-16)15-27-22(26)13-14-24-17-9-3-5-11-19(17)28-20-12-6-4-10-18(20)24/h3-6,9-12,16H,1-2,7-8,13-15H2,(H,23,25). The fourth-order valence-electron chi connectivity index (χ4n) is 3.78. The lowest BCUT2D eigenvalue weighted by Crippen LogP contribution is -2.36. The molecule has 146 valence electrons. The third-order valence-corrected chi connectivity index (χ3v) is 6.29. The van der Waals surface area contributed by atoms with Crippen molar-refractivity contribution in [3.8, 4) is 0 Å². The Morgan fingerprint density at radius 2 is 1.61 bits per heavy atom. The number of hydrogen-bond donors (Lipinski definition) is 1. The van der Waals surface area contributed by atoms with Crippen LogP contribution in [0.4, 0.5) is 11.4 Å². The van der Waals surface area contributed by atoms with Gasteiger partial charge < -0.3 is 15.0 Å². The minimum Gasteiger partial charge on any atom is -0.456 e. The molecule has 1 N–H and O–H groups in total. The van der Waals surface area contributed by atoms with Crippen LogP contribution in [-0.2, 0) is 14.3 Å². The summed E-state index contributed by atoms with van der Waals surface area (Å²) >= 11 is 1.74. The normalized spacial score (nSPS) is 15.6. The number of fused-ring (bicyclic) bond motifs is 2. The molecule has 0 aromatic heterocycles. The Hall–Kier alpha value is -2.47. The van der Waals surface area contributed by atoms with E-state index in [9.17, 15) is 9.59 Å². The van der Waals surface area contributed by atoms with Crippen LogP contribution in [0.2, 0.25) is 0 Å². The summed E-state index contributed by atoms with van der Waals surface area (Å²) in [5, 5.41) is 2.94. The molecular weight excluding hydrogens is 372 g/mol. The summed E-state index contributed by atoms with van der Waals surface area (Å²) < 4.78 is 5.20. The van der Waals surface area contributed by atoms with Crippen LogP contribution >= 0.6 is 11.8 Å². The molecule has 1 saturated carbocycles. The molecule has 0 unspecified atom stereocenters. The predicted molar refractivity (Wildman–Crippen MR) is 110 cm³/mol. The Morgan fingerprint density at radius 1 is 1.00 bits per heavy atom.